The minimum Gasteiger partial charge on any atom is -0.370 e. The number of hydrogen-bond acceptors (Lipinski definition) is 2. The Morgan fingerprint density at radius 1 is 1.21 bits per heavy atom. The third-order valence-corrected chi connectivity index (χ3v) is 3.65. The monoisotopic (exact) mass is 276 g/mol. The molecule has 0 aliphatic rings. The van der Waals surface area contributed by atoms with E-state index in [1.54, 1.807) is 0 Å². The number of nitrogens with one attached hydrogen (secondary N) is 1. The summed E-state index contributed by atoms with van der Waals surface area (Å²) >= 11 is 6.19. The van der Waals surface area contributed by atoms with Gasteiger partial charge in [0.15, 0.2) is 0 Å². The Hall–Kier alpha value is -1.28. The summed E-state index contributed by atoms with van der Waals surface area (Å²) in [6.07, 6.45) is 0. The van der Waals surface area contributed by atoms with Crippen LogP contribution in [-0.2, 0) is 5.41 Å². The Balaban J connectivity index is 2.73. The fourth-order valence-corrected chi connectivity index (χ4v) is 2.34. The van der Waals surface area contributed by atoms with E-state index in [0.717, 1.165) is 33.9 Å². The lowest BCUT2D eigenvalue weighted by atomic mass is 9.86. The summed E-state index contributed by atoms with van der Waals surface area (Å²) < 4.78 is 0. The van der Waals surface area contributed by atoms with Gasteiger partial charge in [-0.1, -0.05) is 32.4 Å². The van der Waals surface area contributed by atoms with Crippen molar-refractivity contribution in [3.05, 3.63) is 34.3 Å². The summed E-state index contributed by atoms with van der Waals surface area (Å²) in [5.74, 6) is 0.961. The largest absolute Gasteiger partial charge is 0.370 e. The number of fused-ring (bicyclic) bond motifs is 1. The van der Waals surface area contributed by atoms with Crippen LogP contribution >= 0.6 is 11.6 Å². The molecule has 0 amide bonds. The second kappa shape index (κ2) is 5.01. The molecule has 19 heavy (non-hydrogen) atoms. The van der Waals surface area contributed by atoms with Gasteiger partial charge in [-0.2, -0.15) is 0 Å². The lowest BCUT2D eigenvalue weighted by Gasteiger charge is -2.23. The van der Waals surface area contributed by atoms with Crippen LogP contribution in [0.1, 0.15) is 38.8 Å². The topological polar surface area (TPSA) is 24.9 Å². The Bertz CT molecular complexity index is 612. The molecule has 2 rings (SSSR count). The quantitative estimate of drug-likeness (QED) is 0.842. The van der Waals surface area contributed by atoms with Gasteiger partial charge in [0, 0.05) is 22.5 Å². The summed E-state index contributed by atoms with van der Waals surface area (Å²) in [7, 11) is 0. The Kier molecular flexibility index (Phi) is 3.73. The fourth-order valence-electron chi connectivity index (χ4n) is 2.18. The van der Waals surface area contributed by atoms with Crippen LogP contribution in [0, 0.1) is 6.92 Å². The van der Waals surface area contributed by atoms with Crippen molar-refractivity contribution in [2.24, 2.45) is 0 Å². The van der Waals surface area contributed by atoms with Gasteiger partial charge in [-0.05, 0) is 43.0 Å². The average Bonchev–Trinajstić information content (AvgIpc) is 2.29. The molecule has 0 fully saturated rings. The van der Waals surface area contributed by atoms with Gasteiger partial charge in [0.05, 0.1) is 5.52 Å². The van der Waals surface area contributed by atoms with E-state index in [1.165, 1.54) is 5.56 Å². The van der Waals surface area contributed by atoms with Gasteiger partial charge >= 0.3 is 0 Å². The first-order valence-corrected chi connectivity index (χ1v) is 7.06. The van der Waals surface area contributed by atoms with Crippen LogP contribution in [0.25, 0.3) is 10.9 Å². The zero-order chi connectivity index (χ0) is 14.2. The Morgan fingerprint density at radius 3 is 2.47 bits per heavy atom. The highest BCUT2D eigenvalue weighted by Crippen LogP contribution is 2.32. The van der Waals surface area contributed by atoms with Crippen LogP contribution in [0.3, 0.4) is 0 Å². The summed E-state index contributed by atoms with van der Waals surface area (Å²) in [6.45, 7) is 11.6. The first-order chi connectivity index (χ1) is 8.82. The summed E-state index contributed by atoms with van der Waals surface area (Å²) in [6, 6.07) is 6.28. The predicted molar refractivity (Wildman–Crippen MR) is 84.4 cm³/mol. The zero-order valence-corrected chi connectivity index (χ0v) is 13.0. The van der Waals surface area contributed by atoms with E-state index in [1.807, 2.05) is 13.0 Å². The van der Waals surface area contributed by atoms with E-state index in [-0.39, 0.29) is 5.41 Å². The van der Waals surface area contributed by atoms with Crippen LogP contribution in [0.2, 0.25) is 5.02 Å². The molecule has 0 spiro atoms. The van der Waals surface area contributed by atoms with Crippen molar-refractivity contribution < 1.29 is 0 Å². The third-order valence-electron chi connectivity index (χ3n) is 3.25. The first kappa shape index (κ1) is 14.1. The molecule has 0 radical (unpaired) electrons. The summed E-state index contributed by atoms with van der Waals surface area (Å²) in [5, 5.41) is 5.27. The number of nitrogens with zero attached hydrogens (tertiary/aromatic N) is 1. The molecule has 0 aliphatic heterocycles. The Labute approximate surface area is 120 Å². The number of aromatic nitrogens is 1. The van der Waals surface area contributed by atoms with Crippen molar-refractivity contribution >= 4 is 28.3 Å². The maximum atomic E-state index is 6.19. The number of hydrogen-bond donors (Lipinski definition) is 1. The van der Waals surface area contributed by atoms with Gasteiger partial charge in [0.1, 0.15) is 5.82 Å². The molecule has 1 N–H and O–H groups in total. The molecular formula is C16H21ClN2. The molecule has 102 valence electrons. The summed E-state index contributed by atoms with van der Waals surface area (Å²) in [4.78, 5) is 4.74. The van der Waals surface area contributed by atoms with E-state index in [4.69, 9.17) is 16.6 Å². The van der Waals surface area contributed by atoms with Gasteiger partial charge in [-0.15, -0.1) is 0 Å². The van der Waals surface area contributed by atoms with Gasteiger partial charge < -0.3 is 5.32 Å². The van der Waals surface area contributed by atoms with E-state index in [0.29, 0.717) is 0 Å². The van der Waals surface area contributed by atoms with Crippen molar-refractivity contribution in [2.75, 3.05) is 11.9 Å². The van der Waals surface area contributed by atoms with E-state index >= 15 is 0 Å². The lowest BCUT2D eigenvalue weighted by Crippen LogP contribution is -2.16. The van der Waals surface area contributed by atoms with Crippen LogP contribution in [-0.4, -0.2) is 11.5 Å². The molecule has 1 heterocycles. The minimum atomic E-state index is 0.0617. The van der Waals surface area contributed by atoms with Crippen LogP contribution in [0.4, 0.5) is 5.82 Å². The molecule has 0 bridgehead atoms. The minimum absolute atomic E-state index is 0.0617. The molecular weight excluding hydrogens is 256 g/mol. The number of anilines is 1. The molecule has 2 aromatic rings. The van der Waals surface area contributed by atoms with Gasteiger partial charge in [0.2, 0.25) is 0 Å². The molecule has 1 aromatic carbocycles. The van der Waals surface area contributed by atoms with Crippen molar-refractivity contribution in [1.29, 1.82) is 0 Å². The van der Waals surface area contributed by atoms with Crippen LogP contribution < -0.4 is 5.32 Å². The standard InChI is InChI=1S/C16H21ClN2/c1-6-18-15-12(16(3,4)5)8-11-7-10(2)13(17)9-14(11)19-15/h7-9H,6H2,1-5H3,(H,18,19). The van der Waals surface area contributed by atoms with E-state index in [9.17, 15) is 0 Å². The first-order valence-electron chi connectivity index (χ1n) is 6.68. The predicted octanol–water partition coefficient (Wildman–Crippen LogP) is 4.93. The van der Waals surface area contributed by atoms with Crippen LogP contribution in [0.5, 0.6) is 0 Å². The summed E-state index contributed by atoms with van der Waals surface area (Å²) in [5.41, 5.74) is 3.34. The van der Waals surface area contributed by atoms with E-state index in [2.05, 4.69) is 45.1 Å². The van der Waals surface area contributed by atoms with Crippen molar-refractivity contribution in [3.63, 3.8) is 0 Å². The highest BCUT2D eigenvalue weighted by atomic mass is 35.5. The van der Waals surface area contributed by atoms with Gasteiger partial charge in [0.25, 0.3) is 0 Å². The average molecular weight is 277 g/mol. The normalized spacial score (nSPS) is 11.9. The second-order valence-electron chi connectivity index (χ2n) is 5.96. The maximum Gasteiger partial charge on any atom is 0.130 e. The lowest BCUT2D eigenvalue weighted by molar-refractivity contribution is 0.590. The number of halogens is 1. The molecule has 0 unspecified atom stereocenters. The SMILES string of the molecule is CCNc1nc2cc(Cl)c(C)cc2cc1C(C)(C)C. The van der Waals surface area contributed by atoms with Crippen molar-refractivity contribution in [1.82, 2.24) is 4.98 Å². The highest BCUT2D eigenvalue weighted by Gasteiger charge is 2.20. The number of rotatable bonds is 2. The molecule has 2 nitrogen and oxygen atoms in total. The third kappa shape index (κ3) is 2.84. The molecule has 0 saturated heterocycles. The molecule has 3 heteroatoms. The number of pyridine rings is 1. The molecule has 0 aliphatic carbocycles. The molecule has 1 aromatic heterocycles. The van der Waals surface area contributed by atoms with Crippen LogP contribution in [0.15, 0.2) is 18.2 Å². The fraction of sp³-hybridized carbons (Fsp3) is 0.438. The smallest absolute Gasteiger partial charge is 0.130 e. The maximum absolute atomic E-state index is 6.19. The Morgan fingerprint density at radius 2 is 1.89 bits per heavy atom. The number of benzene rings is 1. The zero-order valence-electron chi connectivity index (χ0n) is 12.3. The van der Waals surface area contributed by atoms with Gasteiger partial charge in [-0.3, -0.25) is 0 Å². The second-order valence-corrected chi connectivity index (χ2v) is 6.37. The van der Waals surface area contributed by atoms with Crippen molar-refractivity contribution in [3.8, 4) is 0 Å². The van der Waals surface area contributed by atoms with Crippen molar-refractivity contribution in [2.45, 2.75) is 40.0 Å². The molecule has 0 saturated carbocycles. The van der Waals surface area contributed by atoms with Gasteiger partial charge in [-0.25, -0.2) is 4.98 Å². The molecule has 0 atom stereocenters. The number of aryl methyl sites for hydroxylation is 1. The highest BCUT2D eigenvalue weighted by molar-refractivity contribution is 6.32. The van der Waals surface area contributed by atoms with E-state index < -0.39 is 0 Å².